The van der Waals surface area contributed by atoms with Crippen LogP contribution in [0.5, 0.6) is 0 Å². The first-order chi connectivity index (χ1) is 12.3. The normalized spacial score (nSPS) is 12.4. The van der Waals surface area contributed by atoms with E-state index in [-0.39, 0.29) is 17.5 Å². The van der Waals surface area contributed by atoms with Crippen molar-refractivity contribution in [3.8, 4) is 5.69 Å². The summed E-state index contributed by atoms with van der Waals surface area (Å²) in [6.07, 6.45) is 8.77. The monoisotopic (exact) mass is 399 g/mol. The van der Waals surface area contributed by atoms with Gasteiger partial charge in [0.2, 0.25) is 5.91 Å². The van der Waals surface area contributed by atoms with E-state index in [0.29, 0.717) is 25.3 Å². The van der Waals surface area contributed by atoms with E-state index in [9.17, 15) is 9.00 Å². The van der Waals surface area contributed by atoms with Gasteiger partial charge < -0.3 is 4.90 Å². The smallest absolute Gasteiger partial charge is 0.228 e. The van der Waals surface area contributed by atoms with Gasteiger partial charge in [-0.05, 0) is 19.1 Å². The average molecular weight is 400 g/mol. The van der Waals surface area contributed by atoms with Crippen molar-refractivity contribution in [2.24, 2.45) is 0 Å². The van der Waals surface area contributed by atoms with Crippen LogP contribution in [0, 0.1) is 0 Å². The van der Waals surface area contributed by atoms with Crippen LogP contribution in [0.2, 0.25) is 5.15 Å². The van der Waals surface area contributed by atoms with Crippen molar-refractivity contribution in [2.45, 2.75) is 20.3 Å². The summed E-state index contributed by atoms with van der Waals surface area (Å²) < 4.78 is 15.7. The molecule has 9 heteroatoms. The molecule has 2 rings (SSSR count). The molecule has 26 heavy (non-hydrogen) atoms. The van der Waals surface area contributed by atoms with Gasteiger partial charge in [-0.3, -0.25) is 14.0 Å². The summed E-state index contributed by atoms with van der Waals surface area (Å²) in [5.74, 6) is -0.0768. The molecular formula is C17H26ClN5O2S. The highest BCUT2D eigenvalue weighted by Gasteiger charge is 2.22. The Bertz CT molecular complexity index is 790. The van der Waals surface area contributed by atoms with Gasteiger partial charge >= 0.3 is 0 Å². The fraction of sp³-hybridized carbons (Fsp3) is 0.471. The van der Waals surface area contributed by atoms with Gasteiger partial charge in [-0.1, -0.05) is 28.6 Å². The standard InChI is InChI=1S/C17H26ClN5O2S/c1-5-21(26(3,4)25)11-9-16(24)22(6-2)15-13-23(20-17(15)18)14-8-7-10-19-12-14/h7-8,10,12-13,26H,5-6,9,11H2,1-4H3. The fourth-order valence-electron chi connectivity index (χ4n) is 2.73. The second-order valence-corrected chi connectivity index (χ2v) is 9.70. The van der Waals surface area contributed by atoms with Gasteiger partial charge in [0.1, 0.15) is 5.69 Å². The van der Waals surface area contributed by atoms with Crippen LogP contribution in [0.25, 0.3) is 5.69 Å². The van der Waals surface area contributed by atoms with E-state index in [1.807, 2.05) is 24.2 Å². The number of pyridine rings is 1. The lowest BCUT2D eigenvalue weighted by Crippen LogP contribution is -2.39. The van der Waals surface area contributed by atoms with Crippen molar-refractivity contribution in [3.63, 3.8) is 0 Å². The molecule has 0 atom stereocenters. The first kappa shape index (κ1) is 20.5. The van der Waals surface area contributed by atoms with Gasteiger partial charge in [-0.2, -0.15) is 5.10 Å². The first-order valence-corrected chi connectivity index (χ1v) is 11.5. The Morgan fingerprint density at radius 2 is 2.04 bits per heavy atom. The summed E-state index contributed by atoms with van der Waals surface area (Å²) in [5.41, 5.74) is 1.32. The molecule has 2 aromatic heterocycles. The molecule has 0 saturated heterocycles. The van der Waals surface area contributed by atoms with Crippen LogP contribution in [-0.2, 0) is 14.9 Å². The molecule has 0 spiro atoms. The third-order valence-electron chi connectivity index (χ3n) is 4.10. The van der Waals surface area contributed by atoms with Crippen LogP contribution in [0.1, 0.15) is 20.3 Å². The Morgan fingerprint density at radius 1 is 1.31 bits per heavy atom. The molecule has 0 radical (unpaired) electrons. The highest BCUT2D eigenvalue weighted by atomic mass is 35.5. The molecule has 144 valence electrons. The lowest BCUT2D eigenvalue weighted by atomic mass is 10.3. The van der Waals surface area contributed by atoms with Crippen molar-refractivity contribution in [2.75, 3.05) is 37.0 Å². The molecular weight excluding hydrogens is 374 g/mol. The maximum atomic E-state index is 12.7. The maximum absolute atomic E-state index is 12.7. The molecule has 0 bridgehead atoms. The number of anilines is 1. The minimum absolute atomic E-state index is 0.0768. The van der Waals surface area contributed by atoms with Crippen LogP contribution >= 0.6 is 11.6 Å². The van der Waals surface area contributed by atoms with Gasteiger partial charge in [-0.15, -0.1) is 0 Å². The zero-order valence-corrected chi connectivity index (χ0v) is 17.2. The topological polar surface area (TPSA) is 71.3 Å². The summed E-state index contributed by atoms with van der Waals surface area (Å²) in [4.78, 5) is 18.4. The number of thiol groups is 1. The van der Waals surface area contributed by atoms with E-state index >= 15 is 0 Å². The first-order valence-electron chi connectivity index (χ1n) is 8.54. The molecule has 2 aromatic rings. The van der Waals surface area contributed by atoms with E-state index < -0.39 is 10.1 Å². The second kappa shape index (κ2) is 8.75. The predicted octanol–water partition coefficient (Wildman–Crippen LogP) is 2.18. The Balaban J connectivity index is 2.16. The van der Waals surface area contributed by atoms with Crippen molar-refractivity contribution >= 4 is 33.3 Å². The Kier molecular flexibility index (Phi) is 6.91. The molecule has 0 N–H and O–H groups in total. The molecule has 0 aliphatic carbocycles. The number of carbonyl (C=O) groups excluding carboxylic acids is 1. The van der Waals surface area contributed by atoms with Crippen LogP contribution in [-0.4, -0.2) is 61.3 Å². The number of amides is 1. The molecule has 0 aliphatic heterocycles. The number of nitrogens with zero attached hydrogens (tertiary/aromatic N) is 5. The molecule has 2 heterocycles. The quantitative estimate of drug-likeness (QED) is 0.690. The lowest BCUT2D eigenvalue weighted by molar-refractivity contribution is -0.118. The Labute approximate surface area is 160 Å². The van der Waals surface area contributed by atoms with E-state index in [2.05, 4.69) is 10.1 Å². The molecule has 0 saturated carbocycles. The molecule has 1 amide bonds. The van der Waals surface area contributed by atoms with Crippen molar-refractivity contribution in [3.05, 3.63) is 35.9 Å². The van der Waals surface area contributed by atoms with Gasteiger partial charge in [0, 0.05) is 44.8 Å². The van der Waals surface area contributed by atoms with E-state index in [0.717, 1.165) is 5.69 Å². The minimum Gasteiger partial charge on any atom is -0.308 e. The average Bonchev–Trinajstić information content (AvgIpc) is 2.97. The van der Waals surface area contributed by atoms with Crippen molar-refractivity contribution in [1.29, 1.82) is 0 Å². The third kappa shape index (κ3) is 4.90. The van der Waals surface area contributed by atoms with E-state index in [4.69, 9.17) is 11.6 Å². The Morgan fingerprint density at radius 3 is 2.58 bits per heavy atom. The summed E-state index contributed by atoms with van der Waals surface area (Å²) >= 11 is 6.27. The molecule has 0 fully saturated rings. The largest absolute Gasteiger partial charge is 0.308 e. The summed E-state index contributed by atoms with van der Waals surface area (Å²) in [5, 5.41) is 4.53. The summed E-state index contributed by atoms with van der Waals surface area (Å²) in [7, 11) is -2.38. The number of rotatable bonds is 8. The van der Waals surface area contributed by atoms with E-state index in [1.165, 1.54) is 0 Å². The van der Waals surface area contributed by atoms with Crippen LogP contribution in [0.4, 0.5) is 5.69 Å². The highest BCUT2D eigenvalue weighted by Crippen LogP contribution is 2.26. The number of hydrogen-bond acceptors (Lipinski definition) is 4. The Hall–Kier alpha value is -1.77. The number of carbonyl (C=O) groups is 1. The summed E-state index contributed by atoms with van der Waals surface area (Å²) in [6, 6.07) is 3.66. The van der Waals surface area contributed by atoms with Crippen LogP contribution in [0.3, 0.4) is 0 Å². The van der Waals surface area contributed by atoms with Gasteiger partial charge in [0.05, 0.1) is 18.1 Å². The lowest BCUT2D eigenvalue weighted by Gasteiger charge is -2.30. The predicted molar refractivity (Wildman–Crippen MR) is 108 cm³/mol. The second-order valence-electron chi connectivity index (χ2n) is 6.19. The number of aromatic nitrogens is 3. The summed E-state index contributed by atoms with van der Waals surface area (Å²) in [6.45, 7) is 5.39. The van der Waals surface area contributed by atoms with Gasteiger partial charge in [-0.25, -0.2) is 8.99 Å². The number of halogens is 1. The molecule has 0 aliphatic rings. The fourth-order valence-corrected chi connectivity index (χ4v) is 4.22. The highest BCUT2D eigenvalue weighted by molar-refractivity contribution is 7.99. The maximum Gasteiger partial charge on any atom is 0.228 e. The third-order valence-corrected chi connectivity index (χ3v) is 6.21. The van der Waals surface area contributed by atoms with Crippen LogP contribution in [0.15, 0.2) is 30.7 Å². The molecule has 0 unspecified atom stereocenters. The van der Waals surface area contributed by atoms with Crippen molar-refractivity contribution in [1.82, 2.24) is 19.1 Å². The molecule has 0 aromatic carbocycles. The zero-order valence-electron chi connectivity index (χ0n) is 15.6. The van der Waals surface area contributed by atoms with Gasteiger partial charge in [0.25, 0.3) is 0 Å². The van der Waals surface area contributed by atoms with Crippen LogP contribution < -0.4 is 4.90 Å². The minimum atomic E-state index is -2.38. The SMILES string of the molecule is CCN(C(=O)CCN(CC)[SH](C)(C)=O)c1cn(-c2cccnc2)nc1Cl. The van der Waals surface area contributed by atoms with Crippen molar-refractivity contribution < 1.29 is 9.00 Å². The number of hydrogen-bond donors (Lipinski definition) is 1. The van der Waals surface area contributed by atoms with E-state index in [1.54, 1.807) is 46.8 Å². The van der Waals surface area contributed by atoms with Gasteiger partial charge in [0.15, 0.2) is 5.15 Å². The zero-order chi connectivity index (χ0) is 19.3. The molecule has 7 nitrogen and oxygen atoms in total.